The van der Waals surface area contributed by atoms with Crippen molar-refractivity contribution < 1.29 is 9.59 Å². The molecule has 2 saturated heterocycles. The highest BCUT2D eigenvalue weighted by molar-refractivity contribution is 5.81. The van der Waals surface area contributed by atoms with Gasteiger partial charge >= 0.3 is 0 Å². The first-order chi connectivity index (χ1) is 11.1. The minimum Gasteiger partial charge on any atom is -0.342 e. The zero-order valence-electron chi connectivity index (χ0n) is 14.4. The van der Waals surface area contributed by atoms with Gasteiger partial charge in [0.1, 0.15) is 5.78 Å². The number of likely N-dealkylation sites (tertiary alicyclic amines) is 1. The number of amides is 1. The number of Topliss-reactive ketones (excluding diaryl/α,β-unsaturated/α-hetero) is 1. The third kappa shape index (κ3) is 4.32. The second-order valence-corrected chi connectivity index (χ2v) is 7.65. The predicted molar refractivity (Wildman–Crippen MR) is 90.1 cm³/mol. The molecular formula is C18H31N3O2. The lowest BCUT2D eigenvalue weighted by Gasteiger charge is -2.43. The highest BCUT2D eigenvalue weighted by Gasteiger charge is 2.36. The van der Waals surface area contributed by atoms with Gasteiger partial charge < -0.3 is 15.1 Å². The average molecular weight is 321 g/mol. The quantitative estimate of drug-likeness (QED) is 0.825. The summed E-state index contributed by atoms with van der Waals surface area (Å²) in [6, 6.07) is 0. The van der Waals surface area contributed by atoms with Gasteiger partial charge in [-0.25, -0.2) is 0 Å². The lowest BCUT2D eigenvalue weighted by atomic mass is 9.79. The van der Waals surface area contributed by atoms with Crippen molar-refractivity contribution in [2.45, 2.75) is 39.0 Å². The minimum atomic E-state index is 0.180. The summed E-state index contributed by atoms with van der Waals surface area (Å²) in [5, 5.41) is 3.38. The highest BCUT2D eigenvalue weighted by Crippen LogP contribution is 2.32. The van der Waals surface area contributed by atoms with Crippen molar-refractivity contribution in [3.8, 4) is 0 Å². The van der Waals surface area contributed by atoms with Crippen LogP contribution >= 0.6 is 0 Å². The first-order valence-electron chi connectivity index (χ1n) is 9.36. The monoisotopic (exact) mass is 321 g/mol. The molecule has 23 heavy (non-hydrogen) atoms. The third-order valence-corrected chi connectivity index (χ3v) is 5.98. The number of hydrogen-bond acceptors (Lipinski definition) is 4. The Balaban J connectivity index is 1.33. The zero-order valence-corrected chi connectivity index (χ0v) is 14.4. The Morgan fingerprint density at radius 3 is 2.22 bits per heavy atom. The van der Waals surface area contributed by atoms with Crippen LogP contribution in [0.15, 0.2) is 0 Å². The van der Waals surface area contributed by atoms with Crippen LogP contribution in [0, 0.1) is 17.8 Å². The van der Waals surface area contributed by atoms with E-state index in [1.807, 2.05) is 0 Å². The topological polar surface area (TPSA) is 52.7 Å². The van der Waals surface area contributed by atoms with Gasteiger partial charge in [-0.3, -0.25) is 9.59 Å². The predicted octanol–water partition coefficient (Wildman–Crippen LogP) is 1.14. The molecule has 1 saturated carbocycles. The van der Waals surface area contributed by atoms with E-state index >= 15 is 0 Å². The van der Waals surface area contributed by atoms with E-state index < -0.39 is 0 Å². The maximum absolute atomic E-state index is 12.5. The fourth-order valence-electron chi connectivity index (χ4n) is 4.24. The van der Waals surface area contributed by atoms with Gasteiger partial charge in [-0.1, -0.05) is 0 Å². The average Bonchev–Trinajstić information content (AvgIpc) is 2.54. The Morgan fingerprint density at radius 2 is 1.61 bits per heavy atom. The van der Waals surface area contributed by atoms with E-state index in [2.05, 4.69) is 15.1 Å². The van der Waals surface area contributed by atoms with Crippen molar-refractivity contribution in [1.29, 1.82) is 0 Å². The number of piperazine rings is 1. The number of carbonyl (C=O) groups is 2. The van der Waals surface area contributed by atoms with Gasteiger partial charge in [-0.05, 0) is 51.5 Å². The van der Waals surface area contributed by atoms with Crippen LogP contribution in [0.5, 0.6) is 0 Å². The molecule has 0 aromatic rings. The first kappa shape index (κ1) is 16.9. The van der Waals surface area contributed by atoms with Gasteiger partial charge in [0.05, 0.1) is 0 Å². The lowest BCUT2D eigenvalue weighted by molar-refractivity contribution is -0.144. The smallest absolute Gasteiger partial charge is 0.225 e. The molecule has 130 valence electrons. The van der Waals surface area contributed by atoms with Crippen LogP contribution in [0.4, 0.5) is 0 Å². The van der Waals surface area contributed by atoms with E-state index in [1.54, 1.807) is 6.92 Å². The maximum Gasteiger partial charge on any atom is 0.225 e. The molecule has 1 N–H and O–H groups in total. The Hall–Kier alpha value is -0.940. The molecule has 0 bridgehead atoms. The van der Waals surface area contributed by atoms with Crippen molar-refractivity contribution in [3.05, 3.63) is 0 Å². The van der Waals surface area contributed by atoms with Crippen molar-refractivity contribution in [1.82, 2.24) is 15.1 Å². The molecule has 0 aromatic carbocycles. The number of nitrogens with zero attached hydrogens (tertiary/aromatic N) is 2. The summed E-state index contributed by atoms with van der Waals surface area (Å²) in [7, 11) is 0. The van der Waals surface area contributed by atoms with Crippen LogP contribution in [-0.2, 0) is 9.59 Å². The molecule has 0 radical (unpaired) electrons. The standard InChI is InChI=1S/C18H31N3O2/c1-14(22)16-2-4-17(5-3-16)18(23)21-12-15(13-21)6-9-20-10-7-19-8-11-20/h15-17,19H,2-13H2,1H3. The second kappa shape index (κ2) is 7.75. The number of hydrogen-bond donors (Lipinski definition) is 1. The Morgan fingerprint density at radius 1 is 1.00 bits per heavy atom. The van der Waals surface area contributed by atoms with Crippen LogP contribution in [-0.4, -0.2) is 67.3 Å². The molecule has 2 aliphatic heterocycles. The van der Waals surface area contributed by atoms with Gasteiger partial charge in [0, 0.05) is 51.1 Å². The molecular weight excluding hydrogens is 290 g/mol. The SMILES string of the molecule is CC(=O)C1CCC(C(=O)N2CC(CCN3CCNCC3)C2)CC1. The normalized spacial score (nSPS) is 30.0. The summed E-state index contributed by atoms with van der Waals surface area (Å²) >= 11 is 0. The molecule has 3 aliphatic rings. The molecule has 0 unspecified atom stereocenters. The molecule has 3 rings (SSSR count). The van der Waals surface area contributed by atoms with Crippen LogP contribution in [0.2, 0.25) is 0 Å². The van der Waals surface area contributed by atoms with E-state index in [1.165, 1.54) is 13.0 Å². The number of nitrogens with one attached hydrogen (secondary N) is 1. The summed E-state index contributed by atoms with van der Waals surface area (Å²) in [5.41, 5.74) is 0. The van der Waals surface area contributed by atoms with Gasteiger partial charge in [-0.2, -0.15) is 0 Å². The Bertz CT molecular complexity index is 420. The molecule has 3 fully saturated rings. The van der Waals surface area contributed by atoms with Crippen molar-refractivity contribution in [2.75, 3.05) is 45.8 Å². The van der Waals surface area contributed by atoms with Crippen LogP contribution in [0.1, 0.15) is 39.0 Å². The molecule has 0 spiro atoms. The third-order valence-electron chi connectivity index (χ3n) is 5.98. The van der Waals surface area contributed by atoms with Gasteiger partial charge in [0.15, 0.2) is 0 Å². The molecule has 0 aromatic heterocycles. The summed E-state index contributed by atoms with van der Waals surface area (Å²) < 4.78 is 0. The fraction of sp³-hybridized carbons (Fsp3) is 0.889. The van der Waals surface area contributed by atoms with E-state index in [-0.39, 0.29) is 11.8 Å². The van der Waals surface area contributed by atoms with Crippen LogP contribution in [0.25, 0.3) is 0 Å². The van der Waals surface area contributed by atoms with Crippen molar-refractivity contribution >= 4 is 11.7 Å². The molecule has 2 heterocycles. The summed E-state index contributed by atoms with van der Waals surface area (Å²) in [6.07, 6.45) is 4.86. The first-order valence-corrected chi connectivity index (χ1v) is 9.36. The zero-order chi connectivity index (χ0) is 16.2. The summed E-state index contributed by atoms with van der Waals surface area (Å²) in [6.45, 7) is 9.32. The maximum atomic E-state index is 12.5. The van der Waals surface area contributed by atoms with Crippen molar-refractivity contribution in [2.24, 2.45) is 17.8 Å². The fourth-order valence-corrected chi connectivity index (χ4v) is 4.24. The number of rotatable bonds is 5. The van der Waals surface area contributed by atoms with Gasteiger partial charge in [0.25, 0.3) is 0 Å². The van der Waals surface area contributed by atoms with E-state index in [0.717, 1.165) is 65.0 Å². The van der Waals surface area contributed by atoms with E-state index in [0.29, 0.717) is 17.6 Å². The summed E-state index contributed by atoms with van der Waals surface area (Å²) in [4.78, 5) is 28.5. The lowest BCUT2D eigenvalue weighted by Crippen LogP contribution is -2.53. The van der Waals surface area contributed by atoms with Crippen LogP contribution < -0.4 is 5.32 Å². The Kier molecular flexibility index (Phi) is 5.70. The molecule has 1 amide bonds. The molecule has 5 heteroatoms. The van der Waals surface area contributed by atoms with Crippen molar-refractivity contribution in [3.63, 3.8) is 0 Å². The number of ketones is 1. The Labute approximate surface area is 139 Å². The highest BCUT2D eigenvalue weighted by atomic mass is 16.2. The summed E-state index contributed by atoms with van der Waals surface area (Å²) in [5.74, 6) is 1.74. The number of carbonyl (C=O) groups excluding carboxylic acids is 2. The second-order valence-electron chi connectivity index (χ2n) is 7.65. The van der Waals surface area contributed by atoms with Gasteiger partial charge in [0.2, 0.25) is 5.91 Å². The van der Waals surface area contributed by atoms with Crippen LogP contribution in [0.3, 0.4) is 0 Å². The molecule has 1 aliphatic carbocycles. The van der Waals surface area contributed by atoms with Gasteiger partial charge in [-0.15, -0.1) is 0 Å². The van der Waals surface area contributed by atoms with E-state index in [9.17, 15) is 9.59 Å². The molecule has 0 atom stereocenters. The minimum absolute atomic E-state index is 0.180. The largest absolute Gasteiger partial charge is 0.342 e. The molecule has 5 nitrogen and oxygen atoms in total. The van der Waals surface area contributed by atoms with E-state index in [4.69, 9.17) is 0 Å².